The summed E-state index contributed by atoms with van der Waals surface area (Å²) in [4.78, 5) is 85.8. The summed E-state index contributed by atoms with van der Waals surface area (Å²) in [5.74, 6) is -2.69. The summed E-state index contributed by atoms with van der Waals surface area (Å²) < 4.78 is 8.48. The fourth-order valence-electron chi connectivity index (χ4n) is 6.56. The van der Waals surface area contributed by atoms with Crippen LogP contribution in [-0.4, -0.2) is 93.1 Å². The zero-order chi connectivity index (χ0) is 45.7. The zero-order valence-corrected chi connectivity index (χ0v) is 36.9. The summed E-state index contributed by atoms with van der Waals surface area (Å²) in [6, 6.07) is 12.6. The normalized spacial score (nSPS) is 13.0. The van der Waals surface area contributed by atoms with Crippen molar-refractivity contribution < 1.29 is 28.7 Å². The molecule has 0 spiro atoms. The standard InChI is InChI=1S/C43H61N13O6S/c1-27(2)18-19-34(39(60)52-32(16-11-21-50-43(46)47)37(58)41-55-31-14-7-8-17-36(31)63-41)53-40(61)35(54-38(59)33(51-28(3)57)15-9-10-20-49-42(44)45)22-30-23-48-25-56(30)26-62-24-29-12-5-4-6-13-29/h4-8,12-14,17,23,25,27,32-35H,9-11,15-16,18-22,24,26H2,1-3H3,(H,51,57)(H,52,60)(H,53,61)(H,54,59)(H4,44,45,49)(H4,46,47,50)/t32-,33+,34+,35+/m1/s1. The van der Waals surface area contributed by atoms with Gasteiger partial charge in [0.1, 0.15) is 24.9 Å². The molecule has 19 nitrogen and oxygen atoms in total. The first kappa shape index (κ1) is 49.2. The Morgan fingerprint density at radius 1 is 0.730 bits per heavy atom. The van der Waals surface area contributed by atoms with Crippen LogP contribution in [0.4, 0.5) is 0 Å². The minimum absolute atomic E-state index is 0.0500. The molecule has 63 heavy (non-hydrogen) atoms. The topological polar surface area (TPSA) is 302 Å². The van der Waals surface area contributed by atoms with Gasteiger partial charge in [-0.25, -0.2) is 9.97 Å². The van der Waals surface area contributed by atoms with Gasteiger partial charge >= 0.3 is 0 Å². The molecule has 12 N–H and O–H groups in total. The number of aliphatic imine (C=N–C) groups is 2. The van der Waals surface area contributed by atoms with Gasteiger partial charge in [-0.2, -0.15) is 0 Å². The first-order valence-electron chi connectivity index (χ1n) is 21.0. The van der Waals surface area contributed by atoms with Crippen LogP contribution in [0.1, 0.15) is 86.8 Å². The van der Waals surface area contributed by atoms with Crippen LogP contribution in [0.15, 0.2) is 77.1 Å². The molecule has 0 aliphatic rings. The lowest BCUT2D eigenvalue weighted by molar-refractivity contribution is -0.133. The third-order valence-electron chi connectivity index (χ3n) is 9.82. The van der Waals surface area contributed by atoms with E-state index in [1.807, 2.05) is 62.4 Å². The molecule has 0 saturated carbocycles. The van der Waals surface area contributed by atoms with Crippen LogP contribution in [0.3, 0.4) is 0 Å². The molecule has 0 fully saturated rings. The predicted octanol–water partition coefficient (Wildman–Crippen LogP) is 1.99. The van der Waals surface area contributed by atoms with Crippen molar-refractivity contribution in [2.24, 2.45) is 38.8 Å². The minimum Gasteiger partial charge on any atom is -0.370 e. The molecule has 4 aromatic rings. The molecule has 340 valence electrons. The second-order valence-electron chi connectivity index (χ2n) is 15.5. The van der Waals surface area contributed by atoms with Crippen LogP contribution in [-0.2, 0) is 43.7 Å². The average molecular weight is 888 g/mol. The van der Waals surface area contributed by atoms with Gasteiger partial charge in [0.15, 0.2) is 16.9 Å². The maximum Gasteiger partial charge on any atom is 0.243 e. The molecule has 2 aromatic heterocycles. The fraction of sp³-hybridized carbons (Fsp3) is 0.465. The highest BCUT2D eigenvalue weighted by Gasteiger charge is 2.33. The van der Waals surface area contributed by atoms with E-state index in [2.05, 4.69) is 41.2 Å². The average Bonchev–Trinajstić information content (AvgIpc) is 3.89. The lowest BCUT2D eigenvalue weighted by atomic mass is 10.0. The van der Waals surface area contributed by atoms with Crippen molar-refractivity contribution in [3.05, 3.63) is 83.4 Å². The predicted molar refractivity (Wildman–Crippen MR) is 243 cm³/mol. The van der Waals surface area contributed by atoms with Gasteiger partial charge in [-0.15, -0.1) is 11.3 Å². The van der Waals surface area contributed by atoms with Gasteiger partial charge in [0.05, 0.1) is 29.2 Å². The van der Waals surface area contributed by atoms with E-state index in [-0.39, 0.29) is 61.8 Å². The number of carbonyl (C=O) groups excluding carboxylic acids is 5. The number of imidazole rings is 1. The van der Waals surface area contributed by atoms with E-state index >= 15 is 0 Å². The molecular formula is C43H61N13O6S. The lowest BCUT2D eigenvalue weighted by Gasteiger charge is -2.27. The van der Waals surface area contributed by atoms with Gasteiger partial charge in [0.2, 0.25) is 29.4 Å². The van der Waals surface area contributed by atoms with Crippen molar-refractivity contribution in [1.29, 1.82) is 0 Å². The number of fused-ring (bicyclic) bond motifs is 1. The number of carbonyl (C=O) groups is 5. The van der Waals surface area contributed by atoms with Crippen LogP contribution in [0.25, 0.3) is 10.2 Å². The quantitative estimate of drug-likeness (QED) is 0.0185. The van der Waals surface area contributed by atoms with Crippen molar-refractivity contribution in [3.63, 3.8) is 0 Å². The molecule has 4 amide bonds. The number of nitrogens with two attached hydrogens (primary N) is 4. The Hall–Kier alpha value is -6.41. The molecule has 0 unspecified atom stereocenters. The molecule has 4 atom stereocenters. The molecule has 0 radical (unpaired) electrons. The Bertz CT molecular complexity index is 2130. The van der Waals surface area contributed by atoms with E-state index in [0.29, 0.717) is 50.0 Å². The molecule has 20 heteroatoms. The van der Waals surface area contributed by atoms with E-state index in [9.17, 15) is 24.0 Å². The highest BCUT2D eigenvalue weighted by atomic mass is 32.1. The summed E-state index contributed by atoms with van der Waals surface area (Å²) >= 11 is 1.22. The molecular weight excluding hydrogens is 827 g/mol. The molecule has 0 aliphatic carbocycles. The number of ketones is 1. The number of amides is 4. The van der Waals surface area contributed by atoms with Crippen molar-refractivity contribution >= 4 is 62.9 Å². The number of guanidine groups is 2. The number of rotatable bonds is 27. The van der Waals surface area contributed by atoms with Crippen molar-refractivity contribution in [1.82, 2.24) is 35.8 Å². The molecule has 0 aliphatic heterocycles. The number of thiazole rings is 1. The number of para-hydroxylation sites is 1. The van der Waals surface area contributed by atoms with Gasteiger partial charge in [-0.05, 0) is 68.6 Å². The maximum absolute atomic E-state index is 14.5. The number of hydrogen-bond acceptors (Lipinski definition) is 11. The van der Waals surface area contributed by atoms with Crippen molar-refractivity contribution in [3.8, 4) is 0 Å². The van der Waals surface area contributed by atoms with E-state index in [4.69, 9.17) is 27.7 Å². The summed E-state index contributed by atoms with van der Waals surface area (Å²) in [5.41, 5.74) is 24.1. The summed E-state index contributed by atoms with van der Waals surface area (Å²) in [6.07, 6.45) is 5.65. The van der Waals surface area contributed by atoms with Gasteiger partial charge in [0.25, 0.3) is 0 Å². The Kier molecular flexibility index (Phi) is 19.9. The maximum atomic E-state index is 14.5. The molecule has 0 saturated heterocycles. The van der Waals surface area contributed by atoms with Crippen molar-refractivity contribution in [2.75, 3.05) is 13.1 Å². The van der Waals surface area contributed by atoms with E-state index < -0.39 is 53.6 Å². The second kappa shape index (κ2) is 25.5. The largest absolute Gasteiger partial charge is 0.370 e. The number of nitrogens with one attached hydrogen (secondary N) is 4. The summed E-state index contributed by atoms with van der Waals surface area (Å²) in [7, 11) is 0. The van der Waals surface area contributed by atoms with Crippen LogP contribution in [0, 0.1) is 5.92 Å². The van der Waals surface area contributed by atoms with Gasteiger partial charge in [-0.3, -0.25) is 34.0 Å². The highest BCUT2D eigenvalue weighted by molar-refractivity contribution is 7.20. The first-order chi connectivity index (χ1) is 30.2. The van der Waals surface area contributed by atoms with E-state index in [0.717, 1.165) is 10.3 Å². The van der Waals surface area contributed by atoms with E-state index in [1.54, 1.807) is 23.2 Å². The number of benzene rings is 2. The smallest absolute Gasteiger partial charge is 0.243 e. The van der Waals surface area contributed by atoms with Gasteiger partial charge in [0, 0.05) is 38.3 Å². The van der Waals surface area contributed by atoms with Crippen molar-refractivity contribution in [2.45, 2.75) is 110 Å². The Labute approximate surface area is 371 Å². The third-order valence-corrected chi connectivity index (χ3v) is 10.9. The number of nitrogens with zero attached hydrogens (tertiary/aromatic N) is 5. The fourth-order valence-corrected chi connectivity index (χ4v) is 7.52. The Morgan fingerprint density at radius 2 is 1.33 bits per heavy atom. The zero-order valence-electron chi connectivity index (χ0n) is 36.1. The number of unbranched alkanes of at least 4 members (excludes halogenated alkanes) is 1. The van der Waals surface area contributed by atoms with E-state index in [1.165, 1.54) is 18.3 Å². The SMILES string of the molecule is CC(=O)N[C@@H](CCCCN=C(N)N)C(=O)N[C@@H](Cc1cncn1COCc1ccccc1)C(=O)N[C@@H](CCC(C)C)C(=O)N[C@H](CCCN=C(N)N)C(=O)c1nc2ccccc2s1. The molecule has 2 heterocycles. The number of ether oxygens (including phenoxy) is 1. The monoisotopic (exact) mass is 887 g/mol. The molecule has 0 bridgehead atoms. The van der Waals surface area contributed by atoms with Crippen LogP contribution < -0.4 is 44.2 Å². The Morgan fingerprint density at radius 3 is 2.00 bits per heavy atom. The second-order valence-corrected chi connectivity index (χ2v) is 16.6. The minimum atomic E-state index is -1.24. The van der Waals surface area contributed by atoms with Crippen LogP contribution >= 0.6 is 11.3 Å². The molecule has 4 rings (SSSR count). The first-order valence-corrected chi connectivity index (χ1v) is 21.8. The third kappa shape index (κ3) is 17.1. The highest BCUT2D eigenvalue weighted by Crippen LogP contribution is 2.23. The number of hydrogen-bond donors (Lipinski definition) is 8. The summed E-state index contributed by atoms with van der Waals surface area (Å²) in [5, 5.41) is 11.5. The molecule has 2 aromatic carbocycles. The lowest BCUT2D eigenvalue weighted by Crippen LogP contribution is -2.58. The Balaban J connectivity index is 1.60. The number of aromatic nitrogens is 3. The van der Waals surface area contributed by atoms with Crippen LogP contribution in [0.5, 0.6) is 0 Å². The van der Waals surface area contributed by atoms with Crippen LogP contribution in [0.2, 0.25) is 0 Å². The van der Waals surface area contributed by atoms with Gasteiger partial charge in [-0.1, -0.05) is 56.3 Å². The number of Topliss-reactive ketones (excluding diaryl/α,β-unsaturated/α-hetero) is 1. The summed E-state index contributed by atoms with van der Waals surface area (Å²) in [6.45, 7) is 6.26. The van der Waals surface area contributed by atoms with Gasteiger partial charge < -0.3 is 53.5 Å².